The second-order valence-electron chi connectivity index (χ2n) is 4.18. The monoisotopic (exact) mass is 293 g/mol. The Hall–Kier alpha value is -1.29. The van der Waals surface area contributed by atoms with Gasteiger partial charge in [-0.25, -0.2) is 4.99 Å². The van der Waals surface area contributed by atoms with Gasteiger partial charge in [-0.15, -0.1) is 0 Å². The van der Waals surface area contributed by atoms with Gasteiger partial charge >= 0.3 is 0 Å². The van der Waals surface area contributed by atoms with E-state index in [9.17, 15) is 0 Å². The van der Waals surface area contributed by atoms with Gasteiger partial charge in [-0.3, -0.25) is 0 Å². The van der Waals surface area contributed by atoms with Crippen LogP contribution in [-0.4, -0.2) is 12.5 Å². The third-order valence-corrected chi connectivity index (χ3v) is 3.04. The van der Waals surface area contributed by atoms with Gasteiger partial charge in [0.1, 0.15) is 0 Å². The number of hydrogen-bond donors (Lipinski definition) is 2. The van der Waals surface area contributed by atoms with Gasteiger partial charge in [0.15, 0.2) is 5.96 Å². The number of nitrogens with zero attached hydrogens (tertiary/aromatic N) is 1. The number of nitrogens with two attached hydrogens (primary N) is 1. The van der Waals surface area contributed by atoms with Crippen molar-refractivity contribution in [3.63, 3.8) is 0 Å². The molecule has 0 atom stereocenters. The Morgan fingerprint density at radius 2 is 2.18 bits per heavy atom. The highest BCUT2D eigenvalue weighted by molar-refractivity contribution is 9.11. The van der Waals surface area contributed by atoms with Gasteiger partial charge in [-0.2, -0.15) is 0 Å². The number of anilines is 1. The maximum Gasteiger partial charge on any atom is 0.193 e. The van der Waals surface area contributed by atoms with Crippen LogP contribution >= 0.6 is 15.9 Å². The van der Waals surface area contributed by atoms with Gasteiger partial charge < -0.3 is 11.1 Å². The van der Waals surface area contributed by atoms with Gasteiger partial charge in [0.2, 0.25) is 0 Å². The maximum atomic E-state index is 5.78. The van der Waals surface area contributed by atoms with E-state index in [2.05, 4.69) is 51.0 Å². The largest absolute Gasteiger partial charge is 0.370 e. The first-order chi connectivity index (χ1) is 8.15. The summed E-state index contributed by atoms with van der Waals surface area (Å²) in [5, 5.41) is 3.09. The van der Waals surface area contributed by atoms with Gasteiger partial charge in [-0.05, 0) is 42.5 Å². The number of halogens is 1. The average Bonchev–Trinajstić information content (AvgIpc) is 2.73. The Kier molecular flexibility index (Phi) is 3.84. The SMILES string of the molecule is C=C(Br)CN=C(N)Nc1ccc2c(c1)CCC2. The number of nitrogens with one attached hydrogen (secondary N) is 1. The zero-order chi connectivity index (χ0) is 12.3. The van der Waals surface area contributed by atoms with Crippen LogP contribution in [0.2, 0.25) is 0 Å². The van der Waals surface area contributed by atoms with E-state index in [1.165, 1.54) is 30.4 Å². The summed E-state index contributed by atoms with van der Waals surface area (Å²) in [6, 6.07) is 6.38. The highest BCUT2D eigenvalue weighted by Gasteiger charge is 2.10. The first kappa shape index (κ1) is 12.2. The molecule has 0 fully saturated rings. The van der Waals surface area contributed by atoms with Gasteiger partial charge in [0.25, 0.3) is 0 Å². The second kappa shape index (κ2) is 5.36. The Morgan fingerprint density at radius 3 is 2.94 bits per heavy atom. The molecule has 1 aliphatic carbocycles. The van der Waals surface area contributed by atoms with Crippen LogP contribution in [0.15, 0.2) is 34.3 Å². The number of hydrogen-bond acceptors (Lipinski definition) is 1. The molecule has 0 saturated carbocycles. The van der Waals surface area contributed by atoms with Gasteiger partial charge in [0, 0.05) is 10.2 Å². The van der Waals surface area contributed by atoms with Crippen molar-refractivity contribution in [1.82, 2.24) is 0 Å². The lowest BCUT2D eigenvalue weighted by atomic mass is 10.1. The quantitative estimate of drug-likeness (QED) is 0.665. The number of guanidine groups is 1. The van der Waals surface area contributed by atoms with Crippen LogP contribution in [0.1, 0.15) is 17.5 Å². The molecule has 1 aromatic rings. The first-order valence-corrected chi connectivity index (χ1v) is 6.46. The molecule has 0 spiro atoms. The third-order valence-electron chi connectivity index (χ3n) is 2.79. The normalized spacial score (nSPS) is 14.5. The number of rotatable bonds is 3. The smallest absolute Gasteiger partial charge is 0.193 e. The van der Waals surface area contributed by atoms with Crippen molar-refractivity contribution >= 4 is 27.6 Å². The summed E-state index contributed by atoms with van der Waals surface area (Å²) in [4.78, 5) is 4.15. The lowest BCUT2D eigenvalue weighted by Crippen LogP contribution is -2.22. The molecule has 0 aromatic heterocycles. The highest BCUT2D eigenvalue weighted by atomic mass is 79.9. The number of fused-ring (bicyclic) bond motifs is 1. The molecule has 0 saturated heterocycles. The van der Waals surface area contributed by atoms with Crippen LogP contribution in [-0.2, 0) is 12.8 Å². The summed E-state index contributed by atoms with van der Waals surface area (Å²) < 4.78 is 0.816. The number of aliphatic imine (C=N–C) groups is 1. The minimum atomic E-state index is 0.420. The molecule has 3 N–H and O–H groups in total. The van der Waals surface area contributed by atoms with E-state index >= 15 is 0 Å². The summed E-state index contributed by atoms with van der Waals surface area (Å²) in [5.41, 5.74) is 9.66. The van der Waals surface area contributed by atoms with E-state index in [1.54, 1.807) is 0 Å². The molecule has 4 heteroatoms. The second-order valence-corrected chi connectivity index (χ2v) is 5.30. The molecule has 0 aliphatic heterocycles. The van der Waals surface area contributed by atoms with Crippen LogP contribution in [0.4, 0.5) is 5.69 Å². The van der Waals surface area contributed by atoms with Crippen molar-refractivity contribution in [3.05, 3.63) is 40.4 Å². The van der Waals surface area contributed by atoms with Crippen LogP contribution in [0.25, 0.3) is 0 Å². The van der Waals surface area contributed by atoms with Crippen LogP contribution in [0, 0.1) is 0 Å². The minimum Gasteiger partial charge on any atom is -0.370 e. The van der Waals surface area contributed by atoms with E-state index in [0.29, 0.717) is 12.5 Å². The molecule has 1 aromatic carbocycles. The zero-order valence-corrected chi connectivity index (χ0v) is 11.3. The lowest BCUT2D eigenvalue weighted by molar-refractivity contribution is 0.912. The Balaban J connectivity index is 2.04. The predicted molar refractivity (Wildman–Crippen MR) is 76.6 cm³/mol. The molecular formula is C13H16BrN3. The van der Waals surface area contributed by atoms with Crippen molar-refractivity contribution in [2.24, 2.45) is 10.7 Å². The molecule has 2 rings (SSSR count). The van der Waals surface area contributed by atoms with E-state index < -0.39 is 0 Å². The summed E-state index contributed by atoms with van der Waals surface area (Å²) in [6.07, 6.45) is 3.62. The molecule has 0 unspecified atom stereocenters. The fraction of sp³-hybridized carbons (Fsp3) is 0.308. The average molecular weight is 294 g/mol. The molecule has 1 aliphatic rings. The van der Waals surface area contributed by atoms with Crippen molar-refractivity contribution < 1.29 is 0 Å². The van der Waals surface area contributed by atoms with E-state index in [-0.39, 0.29) is 0 Å². The molecule has 0 heterocycles. The fourth-order valence-electron chi connectivity index (χ4n) is 2.01. The molecule has 0 amide bonds. The molecule has 90 valence electrons. The predicted octanol–water partition coefficient (Wildman–Crippen LogP) is 2.81. The molecule has 0 radical (unpaired) electrons. The Morgan fingerprint density at radius 1 is 1.41 bits per heavy atom. The molecular weight excluding hydrogens is 278 g/mol. The summed E-state index contributed by atoms with van der Waals surface area (Å²) >= 11 is 3.24. The zero-order valence-electron chi connectivity index (χ0n) is 9.67. The topological polar surface area (TPSA) is 50.4 Å². The summed E-state index contributed by atoms with van der Waals surface area (Å²) in [6.45, 7) is 4.20. The highest BCUT2D eigenvalue weighted by Crippen LogP contribution is 2.24. The van der Waals surface area contributed by atoms with Crippen molar-refractivity contribution in [3.8, 4) is 0 Å². The van der Waals surface area contributed by atoms with E-state index in [0.717, 1.165) is 10.2 Å². The number of benzene rings is 1. The minimum absolute atomic E-state index is 0.420. The fourth-order valence-corrected chi connectivity index (χ4v) is 2.13. The van der Waals surface area contributed by atoms with Crippen molar-refractivity contribution in [2.75, 3.05) is 11.9 Å². The van der Waals surface area contributed by atoms with Crippen LogP contribution < -0.4 is 11.1 Å². The van der Waals surface area contributed by atoms with Gasteiger partial charge in [0.05, 0.1) is 6.54 Å². The van der Waals surface area contributed by atoms with Crippen LogP contribution in [0.5, 0.6) is 0 Å². The standard InChI is InChI=1S/C13H16BrN3/c1-9(14)8-16-13(15)17-12-6-5-10-3-2-4-11(10)7-12/h5-7H,1-4,8H2,(H3,15,16,17). The molecule has 0 bridgehead atoms. The molecule has 3 nitrogen and oxygen atoms in total. The third kappa shape index (κ3) is 3.33. The summed E-state index contributed by atoms with van der Waals surface area (Å²) in [5.74, 6) is 0.420. The van der Waals surface area contributed by atoms with Crippen molar-refractivity contribution in [2.45, 2.75) is 19.3 Å². The van der Waals surface area contributed by atoms with Crippen LogP contribution in [0.3, 0.4) is 0 Å². The van der Waals surface area contributed by atoms with Crippen molar-refractivity contribution in [1.29, 1.82) is 0 Å². The first-order valence-electron chi connectivity index (χ1n) is 5.67. The Labute approximate surface area is 110 Å². The summed E-state index contributed by atoms with van der Waals surface area (Å²) in [7, 11) is 0. The lowest BCUT2D eigenvalue weighted by Gasteiger charge is -2.07. The Bertz CT molecular complexity index is 466. The van der Waals surface area contributed by atoms with E-state index in [4.69, 9.17) is 5.73 Å². The number of aryl methyl sites for hydroxylation is 2. The molecule has 17 heavy (non-hydrogen) atoms. The van der Waals surface area contributed by atoms with E-state index in [1.807, 2.05) is 0 Å². The van der Waals surface area contributed by atoms with Gasteiger partial charge in [-0.1, -0.05) is 28.6 Å². The maximum absolute atomic E-state index is 5.78.